The molecule has 0 N–H and O–H groups in total. The third kappa shape index (κ3) is 0.661. The molecule has 0 aliphatic heterocycles. The Labute approximate surface area is 76.7 Å². The molecule has 0 nitrogen and oxygen atoms in total. The Morgan fingerprint density at radius 2 is 2.00 bits per heavy atom. The van der Waals surface area contributed by atoms with Crippen molar-refractivity contribution >= 4 is 0 Å². The number of rotatable bonds is 2. The molecule has 2 fully saturated rings. The fraction of sp³-hybridized carbons (Fsp3) is 1.00. The van der Waals surface area contributed by atoms with E-state index in [-0.39, 0.29) is 0 Å². The molecule has 4 atom stereocenters. The molecule has 0 aromatic heterocycles. The molecule has 0 amide bonds. The number of fused-ring (bicyclic) bond motifs is 1. The maximum Gasteiger partial charge on any atom is -0.0238 e. The summed E-state index contributed by atoms with van der Waals surface area (Å²) in [5.41, 5.74) is 1.42. The molecule has 2 aliphatic rings. The fourth-order valence-electron chi connectivity index (χ4n) is 4.16. The van der Waals surface area contributed by atoms with Crippen molar-refractivity contribution in [2.45, 2.75) is 53.4 Å². The molecule has 2 aliphatic carbocycles. The van der Waals surface area contributed by atoms with E-state index in [9.17, 15) is 0 Å². The maximum atomic E-state index is 2.52. The van der Waals surface area contributed by atoms with Crippen molar-refractivity contribution in [1.82, 2.24) is 0 Å². The van der Waals surface area contributed by atoms with E-state index in [1.54, 1.807) is 0 Å². The minimum atomic E-state index is 0.685. The quantitative estimate of drug-likeness (QED) is 0.584. The lowest BCUT2D eigenvalue weighted by Crippen LogP contribution is -2.67. The molecule has 0 aromatic carbocycles. The molecule has 0 radical (unpaired) electrons. The van der Waals surface area contributed by atoms with Crippen LogP contribution in [0.25, 0.3) is 0 Å². The van der Waals surface area contributed by atoms with Gasteiger partial charge >= 0.3 is 0 Å². The highest BCUT2D eigenvalue weighted by atomic mass is 14.7. The largest absolute Gasteiger partial charge is 0.0654 e. The summed E-state index contributed by atoms with van der Waals surface area (Å²) >= 11 is 0. The Kier molecular flexibility index (Phi) is 1.63. The summed E-state index contributed by atoms with van der Waals surface area (Å²) in [4.78, 5) is 0. The van der Waals surface area contributed by atoms with Gasteiger partial charge in [0, 0.05) is 0 Å². The van der Waals surface area contributed by atoms with Crippen molar-refractivity contribution < 1.29 is 0 Å². The molecule has 0 aromatic rings. The lowest BCUT2D eigenvalue weighted by Gasteiger charge is -2.74. The van der Waals surface area contributed by atoms with E-state index < -0.39 is 0 Å². The average molecular weight is 166 g/mol. The SMILES string of the molecule is CCCC1(C)C(C)C2CCC21C. The average Bonchev–Trinajstić information content (AvgIpc) is 2.01. The smallest absolute Gasteiger partial charge is 0.0238 e. The van der Waals surface area contributed by atoms with E-state index in [0.717, 1.165) is 17.3 Å². The van der Waals surface area contributed by atoms with Crippen molar-refractivity contribution in [2.24, 2.45) is 22.7 Å². The standard InChI is InChI=1S/C12H22/c1-5-7-11(3)9(2)10-6-8-12(10,11)4/h9-10H,5-8H2,1-4H3. The van der Waals surface area contributed by atoms with Crippen LogP contribution in [0.3, 0.4) is 0 Å². The number of hydrogen-bond acceptors (Lipinski definition) is 0. The van der Waals surface area contributed by atoms with E-state index >= 15 is 0 Å². The molecular weight excluding hydrogens is 144 g/mol. The van der Waals surface area contributed by atoms with Crippen LogP contribution in [0.5, 0.6) is 0 Å². The fourth-order valence-corrected chi connectivity index (χ4v) is 4.16. The number of hydrogen-bond donors (Lipinski definition) is 0. The van der Waals surface area contributed by atoms with Crippen molar-refractivity contribution in [2.75, 3.05) is 0 Å². The summed E-state index contributed by atoms with van der Waals surface area (Å²) in [5.74, 6) is 2.07. The van der Waals surface area contributed by atoms with E-state index in [4.69, 9.17) is 0 Å². The third-order valence-electron chi connectivity index (χ3n) is 5.48. The van der Waals surface area contributed by atoms with Crippen molar-refractivity contribution in [3.8, 4) is 0 Å². The van der Waals surface area contributed by atoms with Crippen LogP contribution in [-0.2, 0) is 0 Å². The summed E-state index contributed by atoms with van der Waals surface area (Å²) in [7, 11) is 0. The first-order valence-corrected chi connectivity index (χ1v) is 5.56. The Hall–Kier alpha value is 0. The molecular formula is C12H22. The van der Waals surface area contributed by atoms with Crippen LogP contribution in [0.1, 0.15) is 53.4 Å². The van der Waals surface area contributed by atoms with Gasteiger partial charge in [-0.2, -0.15) is 0 Å². The van der Waals surface area contributed by atoms with Crippen LogP contribution in [0.2, 0.25) is 0 Å². The molecule has 0 heteroatoms. The van der Waals surface area contributed by atoms with Crippen molar-refractivity contribution in [1.29, 1.82) is 0 Å². The minimum absolute atomic E-state index is 0.685. The van der Waals surface area contributed by atoms with Crippen molar-refractivity contribution in [3.63, 3.8) is 0 Å². The maximum absolute atomic E-state index is 2.52. The van der Waals surface area contributed by atoms with E-state index in [0.29, 0.717) is 5.41 Å². The van der Waals surface area contributed by atoms with Crippen LogP contribution in [0, 0.1) is 22.7 Å². The second-order valence-corrected chi connectivity index (χ2v) is 5.52. The molecule has 0 bridgehead atoms. The zero-order valence-electron chi connectivity index (χ0n) is 8.98. The van der Waals surface area contributed by atoms with Crippen LogP contribution < -0.4 is 0 Å². The monoisotopic (exact) mass is 166 g/mol. The zero-order valence-corrected chi connectivity index (χ0v) is 8.98. The van der Waals surface area contributed by atoms with Crippen LogP contribution in [0.4, 0.5) is 0 Å². The van der Waals surface area contributed by atoms with Gasteiger partial charge in [0.05, 0.1) is 0 Å². The Morgan fingerprint density at radius 1 is 1.33 bits per heavy atom. The van der Waals surface area contributed by atoms with E-state index in [1.807, 2.05) is 0 Å². The summed E-state index contributed by atoms with van der Waals surface area (Å²) in [5, 5.41) is 0. The molecule has 4 unspecified atom stereocenters. The van der Waals surface area contributed by atoms with Gasteiger partial charge in [0.1, 0.15) is 0 Å². The van der Waals surface area contributed by atoms with Crippen LogP contribution in [0.15, 0.2) is 0 Å². The summed E-state index contributed by atoms with van der Waals surface area (Å²) in [6.07, 6.45) is 5.82. The second-order valence-electron chi connectivity index (χ2n) is 5.52. The second kappa shape index (κ2) is 2.27. The topological polar surface area (TPSA) is 0 Å². The van der Waals surface area contributed by atoms with Crippen LogP contribution >= 0.6 is 0 Å². The van der Waals surface area contributed by atoms with E-state index in [1.165, 1.54) is 25.7 Å². The molecule has 2 rings (SSSR count). The van der Waals surface area contributed by atoms with Crippen LogP contribution in [-0.4, -0.2) is 0 Å². The molecule has 70 valence electrons. The van der Waals surface area contributed by atoms with Gasteiger partial charge in [-0.25, -0.2) is 0 Å². The lowest BCUT2D eigenvalue weighted by atomic mass is 9.31. The molecule has 12 heavy (non-hydrogen) atoms. The van der Waals surface area contributed by atoms with Gasteiger partial charge < -0.3 is 0 Å². The Morgan fingerprint density at radius 3 is 2.33 bits per heavy atom. The Bertz CT molecular complexity index is 196. The van der Waals surface area contributed by atoms with Gasteiger partial charge in [0.2, 0.25) is 0 Å². The predicted molar refractivity (Wildman–Crippen MR) is 53.0 cm³/mol. The first kappa shape index (κ1) is 8.59. The molecule has 0 spiro atoms. The first-order valence-electron chi connectivity index (χ1n) is 5.56. The summed E-state index contributed by atoms with van der Waals surface area (Å²) in [6, 6.07) is 0. The van der Waals surface area contributed by atoms with Gasteiger partial charge in [-0.05, 0) is 41.9 Å². The Balaban J connectivity index is 2.15. The van der Waals surface area contributed by atoms with Gasteiger partial charge in [-0.1, -0.05) is 34.1 Å². The molecule has 2 saturated carbocycles. The lowest BCUT2D eigenvalue weighted by molar-refractivity contribution is -0.251. The third-order valence-corrected chi connectivity index (χ3v) is 5.48. The first-order chi connectivity index (χ1) is 5.56. The molecule has 0 heterocycles. The zero-order chi connectivity index (χ0) is 8.98. The summed E-state index contributed by atoms with van der Waals surface area (Å²) < 4.78 is 0. The van der Waals surface area contributed by atoms with Gasteiger partial charge in [-0.15, -0.1) is 0 Å². The van der Waals surface area contributed by atoms with Gasteiger partial charge in [0.15, 0.2) is 0 Å². The highest BCUT2D eigenvalue weighted by Gasteiger charge is 2.68. The highest BCUT2D eigenvalue weighted by Crippen LogP contribution is 2.75. The predicted octanol–water partition coefficient (Wildman–Crippen LogP) is 3.86. The molecule has 0 saturated heterocycles. The highest BCUT2D eigenvalue weighted by molar-refractivity contribution is 5.16. The summed E-state index contributed by atoms with van der Waals surface area (Å²) in [6.45, 7) is 9.85. The van der Waals surface area contributed by atoms with E-state index in [2.05, 4.69) is 27.7 Å². The van der Waals surface area contributed by atoms with Gasteiger partial charge in [-0.3, -0.25) is 0 Å². The van der Waals surface area contributed by atoms with Gasteiger partial charge in [0.25, 0.3) is 0 Å². The van der Waals surface area contributed by atoms with Crippen molar-refractivity contribution in [3.05, 3.63) is 0 Å². The normalized spacial score (nSPS) is 57.0. The minimum Gasteiger partial charge on any atom is -0.0654 e.